The summed E-state index contributed by atoms with van der Waals surface area (Å²) < 4.78 is 49.1. The highest BCUT2D eigenvalue weighted by atomic mass is 32.2. The van der Waals surface area contributed by atoms with Crippen molar-refractivity contribution < 1.29 is 26.5 Å². The van der Waals surface area contributed by atoms with E-state index >= 15 is 0 Å². The van der Waals surface area contributed by atoms with E-state index in [0.29, 0.717) is 5.56 Å². The average molecular weight is 399 g/mol. The number of hydrogen-bond acceptors (Lipinski definition) is 6. The lowest BCUT2D eigenvalue weighted by atomic mass is 9.65. The number of carbonyl (C=O) groups is 1. The van der Waals surface area contributed by atoms with Gasteiger partial charge in [0, 0.05) is 5.56 Å². The molecule has 0 amide bonds. The molecule has 1 heterocycles. The SMILES string of the molecule is BC(B)(c1ccccc1)S(=O)(=O)OC1=C(N)O[C@@](B)(c2ccccc2F)C1=O. The van der Waals surface area contributed by atoms with Crippen molar-refractivity contribution in [2.24, 2.45) is 5.73 Å². The van der Waals surface area contributed by atoms with Crippen molar-refractivity contribution in [1.82, 2.24) is 0 Å². The molecule has 1 atom stereocenters. The molecular formula is C17H17B3FNO5S. The minimum atomic E-state index is -4.34. The third kappa shape index (κ3) is 3.09. The van der Waals surface area contributed by atoms with Gasteiger partial charge in [0.1, 0.15) is 21.5 Å². The standard InChI is InChI=1S/C17H17B3FNO5S/c18-16(11-8-4-5-9-12(11)21)14(23)13(15(22)26-16)27-28(24,25)17(19,20)10-6-2-1-3-7-10/h1-9H,18-20,22H2/t16-/m0/s1. The van der Waals surface area contributed by atoms with Crippen LogP contribution in [0.15, 0.2) is 66.2 Å². The number of benzene rings is 2. The van der Waals surface area contributed by atoms with Gasteiger partial charge < -0.3 is 14.7 Å². The highest BCUT2D eigenvalue weighted by molar-refractivity contribution is 7.90. The van der Waals surface area contributed by atoms with Crippen LogP contribution in [0.1, 0.15) is 11.1 Å². The van der Waals surface area contributed by atoms with Gasteiger partial charge in [-0.25, -0.2) is 4.39 Å². The van der Waals surface area contributed by atoms with Crippen molar-refractivity contribution in [2.75, 3.05) is 0 Å². The Hall–Kier alpha value is -2.68. The molecule has 28 heavy (non-hydrogen) atoms. The molecular weight excluding hydrogens is 382 g/mol. The highest BCUT2D eigenvalue weighted by Gasteiger charge is 2.51. The summed E-state index contributed by atoms with van der Waals surface area (Å²) in [5.41, 5.74) is 4.33. The normalized spacial score (nSPS) is 20.1. The van der Waals surface area contributed by atoms with Crippen LogP contribution in [-0.2, 0) is 33.9 Å². The van der Waals surface area contributed by atoms with E-state index in [-0.39, 0.29) is 5.56 Å². The second-order valence-corrected chi connectivity index (χ2v) is 9.15. The van der Waals surface area contributed by atoms with E-state index in [2.05, 4.69) is 0 Å². The number of Topliss-reactive ketones (excluding diaryl/α,β-unsaturated/α-hetero) is 1. The molecule has 0 fully saturated rings. The topological polar surface area (TPSA) is 95.7 Å². The summed E-state index contributed by atoms with van der Waals surface area (Å²) >= 11 is 0. The Bertz CT molecular complexity index is 1080. The largest absolute Gasteiger partial charge is 0.467 e. The molecule has 0 radical (unpaired) electrons. The lowest BCUT2D eigenvalue weighted by molar-refractivity contribution is -0.126. The number of rotatable bonds is 5. The predicted octanol–water partition coefficient (Wildman–Crippen LogP) is -1.24. The first-order valence-electron chi connectivity index (χ1n) is 8.49. The Balaban J connectivity index is 1.96. The van der Waals surface area contributed by atoms with Gasteiger partial charge in [-0.15, -0.1) is 0 Å². The van der Waals surface area contributed by atoms with Crippen LogP contribution in [0, 0.1) is 5.82 Å². The lowest BCUT2D eigenvalue weighted by Crippen LogP contribution is -2.40. The van der Waals surface area contributed by atoms with Crippen LogP contribution in [0.5, 0.6) is 0 Å². The zero-order valence-corrected chi connectivity index (χ0v) is 16.4. The fraction of sp³-hybridized carbons (Fsp3) is 0.118. The first-order valence-corrected chi connectivity index (χ1v) is 9.89. The van der Waals surface area contributed by atoms with Crippen LogP contribution in [-0.4, -0.2) is 37.7 Å². The molecule has 2 aromatic carbocycles. The summed E-state index contributed by atoms with van der Waals surface area (Å²) in [6.07, 6.45) is 0. The van der Waals surface area contributed by atoms with Gasteiger partial charge in [-0.2, -0.15) is 8.42 Å². The van der Waals surface area contributed by atoms with E-state index in [0.717, 1.165) is 0 Å². The first kappa shape index (κ1) is 20.1. The van der Waals surface area contributed by atoms with Crippen LogP contribution >= 0.6 is 0 Å². The zero-order valence-electron chi connectivity index (χ0n) is 15.6. The van der Waals surface area contributed by atoms with Crippen LogP contribution in [0.2, 0.25) is 0 Å². The van der Waals surface area contributed by atoms with Crippen molar-refractivity contribution in [3.8, 4) is 0 Å². The van der Waals surface area contributed by atoms with Crippen molar-refractivity contribution in [3.05, 3.63) is 83.2 Å². The summed E-state index contributed by atoms with van der Waals surface area (Å²) in [5.74, 6) is -2.72. The molecule has 0 saturated heterocycles. The van der Waals surface area contributed by atoms with Crippen LogP contribution in [0.25, 0.3) is 0 Å². The molecule has 0 saturated carbocycles. The molecule has 0 aromatic heterocycles. The highest BCUT2D eigenvalue weighted by Crippen LogP contribution is 2.38. The molecule has 6 nitrogen and oxygen atoms in total. The Labute approximate surface area is 165 Å². The van der Waals surface area contributed by atoms with E-state index in [4.69, 9.17) is 14.7 Å². The maximum Gasteiger partial charge on any atom is 0.304 e. The van der Waals surface area contributed by atoms with E-state index in [9.17, 15) is 17.6 Å². The van der Waals surface area contributed by atoms with Crippen molar-refractivity contribution >= 4 is 39.4 Å². The Morgan fingerprint density at radius 3 is 2.25 bits per heavy atom. The fourth-order valence-electron chi connectivity index (χ4n) is 2.94. The number of nitrogens with two attached hydrogens (primary N) is 1. The fourth-order valence-corrected chi connectivity index (χ4v) is 3.95. The second kappa shape index (κ2) is 6.74. The maximum absolute atomic E-state index is 14.2. The van der Waals surface area contributed by atoms with Gasteiger partial charge in [-0.05, 0) is 11.6 Å². The molecule has 0 spiro atoms. The molecule has 1 aliphatic rings. The molecule has 1 aliphatic heterocycles. The third-order valence-corrected chi connectivity index (χ3v) is 6.72. The minimum absolute atomic E-state index is 0.0683. The van der Waals surface area contributed by atoms with Gasteiger partial charge in [0.25, 0.3) is 0 Å². The van der Waals surface area contributed by atoms with Gasteiger partial charge in [-0.3, -0.25) is 4.79 Å². The monoisotopic (exact) mass is 399 g/mol. The quantitative estimate of drug-likeness (QED) is 0.500. The molecule has 3 rings (SSSR count). The Morgan fingerprint density at radius 2 is 1.64 bits per heavy atom. The van der Waals surface area contributed by atoms with Crippen LogP contribution in [0.3, 0.4) is 0 Å². The third-order valence-electron chi connectivity index (χ3n) is 4.85. The molecule has 142 valence electrons. The van der Waals surface area contributed by atoms with E-state index in [1.54, 1.807) is 30.3 Å². The van der Waals surface area contributed by atoms with Crippen LogP contribution < -0.4 is 5.73 Å². The Kier molecular flexibility index (Phi) is 4.83. The summed E-state index contributed by atoms with van der Waals surface area (Å²) in [7, 11) is -0.127. The first-order chi connectivity index (χ1) is 13.0. The summed E-state index contributed by atoms with van der Waals surface area (Å²) in [5, 5.41) is 0. The van der Waals surface area contributed by atoms with E-state index < -0.39 is 43.4 Å². The molecule has 2 aromatic rings. The maximum atomic E-state index is 14.2. The predicted molar refractivity (Wildman–Crippen MR) is 109 cm³/mol. The number of hydrogen-bond donors (Lipinski definition) is 1. The number of ketones is 1. The van der Waals surface area contributed by atoms with Crippen molar-refractivity contribution in [3.63, 3.8) is 0 Å². The number of carbonyl (C=O) groups excluding carboxylic acids is 1. The number of halogens is 1. The van der Waals surface area contributed by atoms with Gasteiger partial charge in [-0.1, -0.05) is 48.5 Å². The van der Waals surface area contributed by atoms with E-state index in [1.165, 1.54) is 47.8 Å². The number of ether oxygens (including phenoxy) is 1. The summed E-state index contributed by atoms with van der Waals surface area (Å²) in [6, 6.07) is 13.9. The van der Waals surface area contributed by atoms with Gasteiger partial charge in [0.15, 0.2) is 13.3 Å². The van der Waals surface area contributed by atoms with E-state index in [1.807, 2.05) is 0 Å². The van der Waals surface area contributed by atoms with Gasteiger partial charge >= 0.3 is 10.1 Å². The smallest absolute Gasteiger partial charge is 0.304 e. The zero-order chi connectivity index (χ0) is 20.7. The second-order valence-electron chi connectivity index (χ2n) is 7.05. The summed E-state index contributed by atoms with van der Waals surface area (Å²) in [6.45, 7) is 0. The van der Waals surface area contributed by atoms with Gasteiger partial charge in [0.2, 0.25) is 17.4 Å². The van der Waals surface area contributed by atoms with Gasteiger partial charge in [0.05, 0.1) is 4.55 Å². The van der Waals surface area contributed by atoms with Crippen molar-refractivity contribution in [1.29, 1.82) is 0 Å². The molecule has 2 N–H and O–H groups in total. The lowest BCUT2D eigenvalue weighted by Gasteiger charge is -2.26. The molecule has 0 bridgehead atoms. The minimum Gasteiger partial charge on any atom is -0.467 e. The molecule has 0 aliphatic carbocycles. The average Bonchev–Trinajstić information content (AvgIpc) is 2.86. The van der Waals surface area contributed by atoms with Crippen molar-refractivity contribution in [2.45, 2.75) is 10.0 Å². The molecule has 11 heteroatoms. The summed E-state index contributed by atoms with van der Waals surface area (Å²) in [4.78, 5) is 12.9. The Morgan fingerprint density at radius 1 is 1.07 bits per heavy atom. The molecule has 0 unspecified atom stereocenters. The van der Waals surface area contributed by atoms with Crippen LogP contribution in [0.4, 0.5) is 4.39 Å².